The van der Waals surface area contributed by atoms with Gasteiger partial charge in [-0.05, 0) is 24.6 Å². The molecule has 0 radical (unpaired) electrons. The fourth-order valence-corrected chi connectivity index (χ4v) is 5.72. The normalized spacial score (nSPS) is 12.3. The van der Waals surface area contributed by atoms with Crippen molar-refractivity contribution in [3.8, 4) is 0 Å². The monoisotopic (exact) mass is 354 g/mol. The van der Waals surface area contributed by atoms with Crippen LogP contribution in [0.25, 0.3) is 0 Å². The van der Waals surface area contributed by atoms with Crippen LogP contribution in [0.5, 0.6) is 0 Å². The first-order chi connectivity index (χ1) is 9.59. The van der Waals surface area contributed by atoms with Gasteiger partial charge in [0.15, 0.2) is 19.7 Å². The van der Waals surface area contributed by atoms with Gasteiger partial charge in [0.1, 0.15) is 0 Å². The molecule has 1 N–H and O–H groups in total. The number of aromatic carboxylic acids is 1. The largest absolute Gasteiger partial charge is 0.478 e. The number of benzene rings is 1. The minimum atomic E-state index is -3.97. The van der Waals surface area contributed by atoms with E-state index >= 15 is 0 Å². The van der Waals surface area contributed by atoms with Gasteiger partial charge in [-0.25, -0.2) is 21.6 Å². The van der Waals surface area contributed by atoms with Crippen molar-refractivity contribution >= 4 is 37.2 Å². The van der Waals surface area contributed by atoms with E-state index in [1.807, 2.05) is 0 Å². The van der Waals surface area contributed by atoms with Crippen LogP contribution in [0.15, 0.2) is 23.1 Å². The van der Waals surface area contributed by atoms with E-state index in [0.29, 0.717) is 6.42 Å². The van der Waals surface area contributed by atoms with Gasteiger partial charge in [0.2, 0.25) is 0 Å². The predicted octanol–water partition coefficient (Wildman–Crippen LogP) is 1.64. The molecule has 6 nitrogen and oxygen atoms in total. The number of carboxylic acids is 1. The average Bonchev–Trinajstić information content (AvgIpc) is 2.36. The minimum Gasteiger partial charge on any atom is -0.478 e. The van der Waals surface area contributed by atoms with Crippen molar-refractivity contribution in [3.63, 3.8) is 0 Å². The van der Waals surface area contributed by atoms with Gasteiger partial charge in [0.25, 0.3) is 0 Å². The maximum atomic E-state index is 12.1. The molecule has 0 aliphatic rings. The number of hydrogen-bond acceptors (Lipinski definition) is 5. The summed E-state index contributed by atoms with van der Waals surface area (Å²) < 4.78 is 47.4. The predicted molar refractivity (Wildman–Crippen MR) is 79.4 cm³/mol. The zero-order valence-electron chi connectivity index (χ0n) is 11.2. The Hall–Kier alpha value is -1.12. The Labute approximate surface area is 128 Å². The summed E-state index contributed by atoms with van der Waals surface area (Å²) in [6.07, 6.45) is 0.400. The van der Waals surface area contributed by atoms with Crippen molar-refractivity contribution in [2.75, 3.05) is 17.3 Å². The number of rotatable bonds is 7. The smallest absolute Gasteiger partial charge is 0.335 e. The third-order valence-corrected chi connectivity index (χ3v) is 7.00. The number of carbonyl (C=O) groups is 1. The lowest BCUT2D eigenvalue weighted by Crippen LogP contribution is -2.20. The van der Waals surface area contributed by atoms with E-state index in [-0.39, 0.29) is 21.2 Å². The molecule has 0 saturated carbocycles. The lowest BCUT2D eigenvalue weighted by Gasteiger charge is -2.08. The summed E-state index contributed by atoms with van der Waals surface area (Å²) in [7, 11) is -7.42. The van der Waals surface area contributed by atoms with Crippen LogP contribution in [-0.4, -0.2) is 45.2 Å². The summed E-state index contributed by atoms with van der Waals surface area (Å²) >= 11 is 5.78. The second-order valence-electron chi connectivity index (χ2n) is 4.42. The lowest BCUT2D eigenvalue weighted by molar-refractivity contribution is 0.0696. The highest BCUT2D eigenvalue weighted by Crippen LogP contribution is 2.24. The van der Waals surface area contributed by atoms with E-state index in [9.17, 15) is 21.6 Å². The maximum absolute atomic E-state index is 12.1. The Bertz CT molecular complexity index is 737. The standard InChI is InChI=1S/C12H15ClO6S2/c1-2-5-20(16,17)6-7-21(18,19)11-8-9(12(14)15)3-4-10(11)13/h3-4,8H,2,5-7H2,1H3,(H,14,15). The van der Waals surface area contributed by atoms with Crippen LogP contribution in [0.1, 0.15) is 23.7 Å². The van der Waals surface area contributed by atoms with E-state index in [2.05, 4.69) is 0 Å². The van der Waals surface area contributed by atoms with E-state index in [4.69, 9.17) is 16.7 Å². The molecular weight excluding hydrogens is 340 g/mol. The molecule has 0 unspecified atom stereocenters. The zero-order chi connectivity index (χ0) is 16.3. The highest BCUT2D eigenvalue weighted by Gasteiger charge is 2.23. The van der Waals surface area contributed by atoms with E-state index in [1.54, 1.807) is 6.92 Å². The fraction of sp³-hybridized carbons (Fsp3) is 0.417. The molecule has 0 aromatic heterocycles. The third-order valence-electron chi connectivity index (χ3n) is 2.69. The van der Waals surface area contributed by atoms with Crippen molar-refractivity contribution in [1.29, 1.82) is 0 Å². The molecule has 1 aromatic rings. The van der Waals surface area contributed by atoms with Crippen LogP contribution in [0.2, 0.25) is 5.02 Å². The van der Waals surface area contributed by atoms with Gasteiger partial charge in [-0.1, -0.05) is 18.5 Å². The molecule has 0 heterocycles. The molecule has 0 atom stereocenters. The van der Waals surface area contributed by atoms with Gasteiger partial charge in [-0.15, -0.1) is 0 Å². The molecule has 0 aliphatic heterocycles. The second-order valence-corrected chi connectivity index (χ2v) is 9.21. The highest BCUT2D eigenvalue weighted by atomic mass is 35.5. The van der Waals surface area contributed by atoms with E-state index in [0.717, 1.165) is 6.07 Å². The molecule has 0 amide bonds. The summed E-state index contributed by atoms with van der Waals surface area (Å²) in [5.74, 6) is -2.53. The minimum absolute atomic E-state index is 0.0918. The third kappa shape index (κ3) is 4.98. The maximum Gasteiger partial charge on any atom is 0.335 e. The van der Waals surface area contributed by atoms with Crippen molar-refractivity contribution in [3.05, 3.63) is 28.8 Å². The Kier molecular flexibility index (Phi) is 5.77. The fourth-order valence-electron chi connectivity index (χ4n) is 1.63. The number of sulfone groups is 2. The molecule has 0 bridgehead atoms. The van der Waals surface area contributed by atoms with Crippen molar-refractivity contribution < 1.29 is 26.7 Å². The Morgan fingerprint density at radius 1 is 1.14 bits per heavy atom. The SMILES string of the molecule is CCCS(=O)(=O)CCS(=O)(=O)c1cc(C(=O)O)ccc1Cl. The van der Waals surface area contributed by atoms with Gasteiger partial charge in [-0.2, -0.15) is 0 Å². The summed E-state index contributed by atoms with van der Waals surface area (Å²) in [4.78, 5) is 10.5. The summed E-state index contributed by atoms with van der Waals surface area (Å²) in [6, 6.07) is 3.28. The van der Waals surface area contributed by atoms with Crippen LogP contribution in [0, 0.1) is 0 Å². The van der Waals surface area contributed by atoms with Gasteiger partial charge in [0.05, 0.1) is 27.0 Å². The average molecular weight is 355 g/mol. The van der Waals surface area contributed by atoms with Gasteiger partial charge in [-0.3, -0.25) is 0 Å². The first-order valence-electron chi connectivity index (χ1n) is 6.05. The van der Waals surface area contributed by atoms with E-state index < -0.39 is 37.1 Å². The van der Waals surface area contributed by atoms with Crippen molar-refractivity contribution in [2.45, 2.75) is 18.2 Å². The van der Waals surface area contributed by atoms with Gasteiger partial charge >= 0.3 is 5.97 Å². The molecular formula is C12H15ClO6S2. The first-order valence-corrected chi connectivity index (χ1v) is 9.90. The molecule has 0 spiro atoms. The van der Waals surface area contributed by atoms with Gasteiger partial charge in [0, 0.05) is 5.75 Å². The summed E-state index contributed by atoms with van der Waals surface area (Å²) in [5, 5.41) is 8.73. The number of halogens is 1. The molecule has 0 fully saturated rings. The molecule has 1 rings (SSSR count). The molecule has 0 saturated heterocycles. The second kappa shape index (κ2) is 6.76. The molecule has 118 valence electrons. The molecule has 21 heavy (non-hydrogen) atoms. The van der Waals surface area contributed by atoms with Crippen LogP contribution in [0.4, 0.5) is 0 Å². The quantitative estimate of drug-likeness (QED) is 0.797. The Morgan fingerprint density at radius 3 is 2.29 bits per heavy atom. The van der Waals surface area contributed by atoms with Crippen LogP contribution < -0.4 is 0 Å². The zero-order valence-corrected chi connectivity index (χ0v) is 13.6. The summed E-state index contributed by atoms with van der Waals surface area (Å²) in [6.45, 7) is 1.68. The van der Waals surface area contributed by atoms with Crippen molar-refractivity contribution in [1.82, 2.24) is 0 Å². The van der Waals surface area contributed by atoms with Crippen molar-refractivity contribution in [2.24, 2.45) is 0 Å². The Morgan fingerprint density at radius 2 is 1.76 bits per heavy atom. The van der Waals surface area contributed by atoms with Crippen LogP contribution >= 0.6 is 11.6 Å². The molecule has 9 heteroatoms. The van der Waals surface area contributed by atoms with Gasteiger partial charge < -0.3 is 5.11 Å². The highest BCUT2D eigenvalue weighted by molar-refractivity contribution is 7.95. The first kappa shape index (κ1) is 17.9. The van der Waals surface area contributed by atoms with E-state index in [1.165, 1.54) is 12.1 Å². The van der Waals surface area contributed by atoms with Crippen LogP contribution in [-0.2, 0) is 19.7 Å². The number of hydrogen-bond donors (Lipinski definition) is 1. The molecule has 0 aliphatic carbocycles. The van der Waals surface area contributed by atoms with Crippen LogP contribution in [0.3, 0.4) is 0 Å². The summed E-state index contributed by atoms with van der Waals surface area (Å²) in [5.41, 5.74) is -0.227. The lowest BCUT2D eigenvalue weighted by atomic mass is 10.2. The topological polar surface area (TPSA) is 106 Å². The Balaban J connectivity index is 3.09. The number of carboxylic acid groups (broad SMARTS) is 1. The molecule has 1 aromatic carbocycles.